The number of carboxylic acid groups (broad SMARTS) is 1. The average Bonchev–Trinajstić information content (AvgIpc) is 2.55. The van der Waals surface area contributed by atoms with E-state index in [4.69, 9.17) is 14.6 Å². The van der Waals surface area contributed by atoms with Crippen LogP contribution in [0.1, 0.15) is 23.3 Å². The van der Waals surface area contributed by atoms with Crippen molar-refractivity contribution >= 4 is 16.0 Å². The molecule has 0 aromatic carbocycles. The average molecular weight is 342 g/mol. The molecule has 1 aromatic heterocycles. The molecule has 3 rings (SSSR count). The van der Waals surface area contributed by atoms with Gasteiger partial charge in [-0.1, -0.05) is 0 Å². The van der Waals surface area contributed by atoms with Crippen LogP contribution < -0.4 is 0 Å². The minimum Gasteiger partial charge on any atom is -0.477 e. The van der Waals surface area contributed by atoms with Crippen molar-refractivity contribution < 1.29 is 27.8 Å². The molecule has 0 radical (unpaired) electrons. The topological polar surface area (TPSA) is 106 Å². The Morgan fingerprint density at radius 3 is 2.61 bits per heavy atom. The second kappa shape index (κ2) is 6.16. The number of aromatic carboxylic acids is 1. The number of aromatic nitrogens is 1. The molecule has 0 bridgehead atoms. The maximum Gasteiger partial charge on any atom is 0.354 e. The largest absolute Gasteiger partial charge is 0.477 e. The van der Waals surface area contributed by atoms with E-state index in [0.29, 0.717) is 32.7 Å². The number of morpholine rings is 1. The standard InChI is InChI=1S/C14H18N2O6S/c17-13(18)12-2-1-11(9-15-12)23(19,20)16-5-8-22-14(10-16)3-6-21-7-4-14/h1-2,9H,3-8,10H2,(H,17,18). The van der Waals surface area contributed by atoms with Gasteiger partial charge in [0, 0.05) is 45.3 Å². The molecule has 1 N–H and O–H groups in total. The molecule has 1 aromatic rings. The van der Waals surface area contributed by atoms with Gasteiger partial charge in [0.25, 0.3) is 0 Å². The third kappa shape index (κ3) is 3.23. The number of pyridine rings is 1. The fraction of sp³-hybridized carbons (Fsp3) is 0.571. The SMILES string of the molecule is O=C(O)c1ccc(S(=O)(=O)N2CCOC3(CCOCC3)C2)cn1. The lowest BCUT2D eigenvalue weighted by Crippen LogP contribution is -2.55. The smallest absolute Gasteiger partial charge is 0.354 e. The van der Waals surface area contributed by atoms with Crippen LogP contribution in [0.2, 0.25) is 0 Å². The summed E-state index contributed by atoms with van der Waals surface area (Å²) >= 11 is 0. The van der Waals surface area contributed by atoms with Crippen molar-refractivity contribution in [1.82, 2.24) is 9.29 Å². The highest BCUT2D eigenvalue weighted by Crippen LogP contribution is 2.31. The van der Waals surface area contributed by atoms with E-state index in [0.717, 1.165) is 6.20 Å². The monoisotopic (exact) mass is 342 g/mol. The van der Waals surface area contributed by atoms with E-state index in [1.807, 2.05) is 0 Å². The Bertz CT molecular complexity index is 676. The van der Waals surface area contributed by atoms with Crippen LogP contribution in [0.3, 0.4) is 0 Å². The van der Waals surface area contributed by atoms with Crippen LogP contribution in [0.4, 0.5) is 0 Å². The van der Waals surface area contributed by atoms with E-state index in [1.165, 1.54) is 16.4 Å². The van der Waals surface area contributed by atoms with Crippen molar-refractivity contribution in [2.45, 2.75) is 23.3 Å². The minimum absolute atomic E-state index is 0.00777. The maximum atomic E-state index is 12.7. The maximum absolute atomic E-state index is 12.7. The van der Waals surface area contributed by atoms with Crippen molar-refractivity contribution in [3.63, 3.8) is 0 Å². The van der Waals surface area contributed by atoms with Gasteiger partial charge in [0.2, 0.25) is 10.0 Å². The normalized spacial score (nSPS) is 22.1. The Morgan fingerprint density at radius 2 is 2.00 bits per heavy atom. The second-order valence-corrected chi connectivity index (χ2v) is 7.60. The lowest BCUT2D eigenvalue weighted by Gasteiger charge is -2.44. The van der Waals surface area contributed by atoms with Gasteiger partial charge in [-0.3, -0.25) is 0 Å². The third-order valence-electron chi connectivity index (χ3n) is 4.21. The number of carbonyl (C=O) groups is 1. The number of nitrogens with zero attached hydrogens (tertiary/aromatic N) is 2. The summed E-state index contributed by atoms with van der Waals surface area (Å²) in [7, 11) is -3.72. The molecule has 126 valence electrons. The Hall–Kier alpha value is -1.55. The summed E-state index contributed by atoms with van der Waals surface area (Å²) < 4.78 is 38.0. The van der Waals surface area contributed by atoms with Crippen molar-refractivity contribution in [3.8, 4) is 0 Å². The van der Waals surface area contributed by atoms with Crippen LogP contribution in [0, 0.1) is 0 Å². The lowest BCUT2D eigenvalue weighted by atomic mass is 9.93. The van der Waals surface area contributed by atoms with Crippen molar-refractivity contribution in [2.75, 3.05) is 32.9 Å². The highest BCUT2D eigenvalue weighted by Gasteiger charge is 2.42. The number of hydrogen-bond acceptors (Lipinski definition) is 6. The van der Waals surface area contributed by atoms with Gasteiger partial charge in [0.15, 0.2) is 0 Å². The fourth-order valence-electron chi connectivity index (χ4n) is 2.87. The van der Waals surface area contributed by atoms with Crippen molar-refractivity contribution in [1.29, 1.82) is 0 Å². The predicted octanol–water partition coefficient (Wildman–Crippen LogP) is 0.350. The van der Waals surface area contributed by atoms with Crippen molar-refractivity contribution in [2.24, 2.45) is 0 Å². The fourth-order valence-corrected chi connectivity index (χ4v) is 4.31. The van der Waals surface area contributed by atoms with Crippen LogP contribution >= 0.6 is 0 Å². The lowest BCUT2D eigenvalue weighted by molar-refractivity contribution is -0.139. The first kappa shape index (κ1) is 16.3. The quantitative estimate of drug-likeness (QED) is 0.845. The molecule has 0 amide bonds. The summed E-state index contributed by atoms with van der Waals surface area (Å²) in [6, 6.07) is 2.47. The molecule has 1 spiro atoms. The molecule has 2 saturated heterocycles. The van der Waals surface area contributed by atoms with E-state index in [9.17, 15) is 13.2 Å². The van der Waals surface area contributed by atoms with Gasteiger partial charge in [-0.2, -0.15) is 4.31 Å². The van der Waals surface area contributed by atoms with E-state index >= 15 is 0 Å². The third-order valence-corrected chi connectivity index (χ3v) is 6.04. The Morgan fingerprint density at radius 1 is 1.26 bits per heavy atom. The van der Waals surface area contributed by atoms with Gasteiger partial charge in [-0.15, -0.1) is 0 Å². The molecule has 0 aliphatic carbocycles. The molecular weight excluding hydrogens is 324 g/mol. The zero-order valence-electron chi connectivity index (χ0n) is 12.5. The molecule has 0 saturated carbocycles. The van der Waals surface area contributed by atoms with Gasteiger partial charge in [-0.25, -0.2) is 18.2 Å². The first-order chi connectivity index (χ1) is 10.9. The molecule has 9 heteroatoms. The van der Waals surface area contributed by atoms with Gasteiger partial charge < -0.3 is 14.6 Å². The Kier molecular flexibility index (Phi) is 4.37. The predicted molar refractivity (Wildman–Crippen MR) is 78.7 cm³/mol. The molecule has 8 nitrogen and oxygen atoms in total. The van der Waals surface area contributed by atoms with E-state index in [1.54, 1.807) is 0 Å². The highest BCUT2D eigenvalue weighted by molar-refractivity contribution is 7.89. The number of sulfonamides is 1. The van der Waals surface area contributed by atoms with Gasteiger partial charge in [0.1, 0.15) is 10.6 Å². The van der Waals surface area contributed by atoms with Crippen LogP contribution in [-0.2, 0) is 19.5 Å². The van der Waals surface area contributed by atoms with Gasteiger partial charge in [-0.05, 0) is 12.1 Å². The summed E-state index contributed by atoms with van der Waals surface area (Å²) in [6.45, 7) is 2.00. The summed E-state index contributed by atoms with van der Waals surface area (Å²) in [4.78, 5) is 14.5. The number of carboxylic acids is 1. The molecule has 23 heavy (non-hydrogen) atoms. The zero-order chi connectivity index (χ0) is 16.5. The minimum atomic E-state index is -3.72. The van der Waals surface area contributed by atoms with Gasteiger partial charge in [0.05, 0.1) is 12.2 Å². The number of hydrogen-bond donors (Lipinski definition) is 1. The summed E-state index contributed by atoms with van der Waals surface area (Å²) in [6.07, 6.45) is 2.41. The Balaban J connectivity index is 1.82. The molecular formula is C14H18N2O6S. The number of rotatable bonds is 3. The Labute approximate surface area is 134 Å². The molecule has 0 unspecified atom stereocenters. The zero-order valence-corrected chi connectivity index (χ0v) is 13.3. The molecule has 2 aliphatic heterocycles. The van der Waals surface area contributed by atoms with Crippen LogP contribution in [-0.4, -0.2) is 67.3 Å². The van der Waals surface area contributed by atoms with E-state index in [-0.39, 0.29) is 23.7 Å². The first-order valence-corrected chi connectivity index (χ1v) is 8.78. The number of ether oxygens (including phenoxy) is 2. The summed E-state index contributed by atoms with van der Waals surface area (Å²) in [5.41, 5.74) is -0.676. The summed E-state index contributed by atoms with van der Waals surface area (Å²) in [5, 5.41) is 8.84. The van der Waals surface area contributed by atoms with Crippen LogP contribution in [0.15, 0.2) is 23.2 Å². The van der Waals surface area contributed by atoms with Gasteiger partial charge >= 0.3 is 5.97 Å². The van der Waals surface area contributed by atoms with Crippen LogP contribution in [0.5, 0.6) is 0 Å². The molecule has 2 aliphatic rings. The molecule has 0 atom stereocenters. The highest BCUT2D eigenvalue weighted by atomic mass is 32.2. The summed E-state index contributed by atoms with van der Waals surface area (Å²) in [5.74, 6) is -1.19. The van der Waals surface area contributed by atoms with Crippen molar-refractivity contribution in [3.05, 3.63) is 24.0 Å². The molecule has 2 fully saturated rings. The van der Waals surface area contributed by atoms with E-state index < -0.39 is 21.6 Å². The van der Waals surface area contributed by atoms with E-state index in [2.05, 4.69) is 4.98 Å². The molecule has 3 heterocycles. The second-order valence-electron chi connectivity index (χ2n) is 5.67. The van der Waals surface area contributed by atoms with Crippen LogP contribution in [0.25, 0.3) is 0 Å². The first-order valence-electron chi connectivity index (χ1n) is 7.34.